The monoisotopic (exact) mass is 367 g/mol. The van der Waals surface area contributed by atoms with Gasteiger partial charge in [-0.05, 0) is 48.7 Å². The maximum absolute atomic E-state index is 9.61. The summed E-state index contributed by atoms with van der Waals surface area (Å²) in [6.45, 7) is 0. The molecule has 26 heavy (non-hydrogen) atoms. The number of hydrogen-bond donors (Lipinski definition) is 2. The number of aromatic nitrogens is 4. The van der Waals surface area contributed by atoms with E-state index in [-0.39, 0.29) is 11.9 Å². The lowest BCUT2D eigenvalue weighted by atomic mass is 9.86. The van der Waals surface area contributed by atoms with Gasteiger partial charge >= 0.3 is 0 Å². The van der Waals surface area contributed by atoms with E-state index < -0.39 is 0 Å². The van der Waals surface area contributed by atoms with E-state index in [4.69, 9.17) is 15.9 Å². The number of pyridine rings is 1. The van der Waals surface area contributed by atoms with Gasteiger partial charge in [-0.2, -0.15) is 5.26 Å². The molecule has 3 aromatic rings. The molecule has 0 unspecified atom stereocenters. The normalized spacial score (nSPS) is 16.3. The van der Waals surface area contributed by atoms with Crippen LogP contribution < -0.4 is 11.5 Å². The Labute approximate surface area is 154 Å². The molecule has 0 spiro atoms. The van der Waals surface area contributed by atoms with Gasteiger partial charge in [0.05, 0.1) is 0 Å². The largest absolute Gasteiger partial charge is 0.449 e. The van der Waals surface area contributed by atoms with Gasteiger partial charge in [-0.3, -0.25) is 0 Å². The first-order valence-corrected chi connectivity index (χ1v) is 8.97. The number of anilines is 1. The molecule has 8 nitrogen and oxygen atoms in total. The van der Waals surface area contributed by atoms with Crippen molar-refractivity contribution in [3.63, 3.8) is 0 Å². The van der Waals surface area contributed by atoms with Crippen LogP contribution in [-0.2, 0) is 19.9 Å². The number of nitrogens with zero attached hydrogens (tertiary/aromatic N) is 5. The molecule has 0 bridgehead atoms. The molecule has 132 valence electrons. The fourth-order valence-corrected chi connectivity index (χ4v) is 3.88. The van der Waals surface area contributed by atoms with E-state index in [0.717, 1.165) is 24.1 Å². The number of nitriles is 1. The van der Waals surface area contributed by atoms with Crippen LogP contribution in [0.15, 0.2) is 33.1 Å². The third kappa shape index (κ3) is 2.83. The van der Waals surface area contributed by atoms with Crippen molar-refractivity contribution in [1.82, 2.24) is 19.7 Å². The summed E-state index contributed by atoms with van der Waals surface area (Å²) in [4.78, 5) is 4.42. The molecule has 3 aromatic heterocycles. The standard InChI is InChI=1S/C17H17N7OS/c1-24-8-21-23-17(24)26-14-5-4-13(25-14)15-10-6-9(19)2-3-12(10)22-16(20)11(15)7-18/h4-5,8-9H,2-3,6,19H2,1H3,(H2,20,22)/t9-/m0/s1. The van der Waals surface area contributed by atoms with Gasteiger partial charge in [0.2, 0.25) is 0 Å². The van der Waals surface area contributed by atoms with Crippen LogP contribution in [0, 0.1) is 11.3 Å². The summed E-state index contributed by atoms with van der Waals surface area (Å²) in [7, 11) is 1.86. The van der Waals surface area contributed by atoms with Crippen molar-refractivity contribution in [3.05, 3.63) is 35.3 Å². The summed E-state index contributed by atoms with van der Waals surface area (Å²) in [5.41, 5.74) is 15.1. The number of aryl methyl sites for hydroxylation is 2. The summed E-state index contributed by atoms with van der Waals surface area (Å²) >= 11 is 1.36. The fourth-order valence-electron chi connectivity index (χ4n) is 3.15. The topological polar surface area (TPSA) is 133 Å². The number of hydrogen-bond acceptors (Lipinski definition) is 8. The van der Waals surface area contributed by atoms with Crippen molar-refractivity contribution in [2.24, 2.45) is 12.8 Å². The highest BCUT2D eigenvalue weighted by molar-refractivity contribution is 7.99. The Bertz CT molecular complexity index is 1020. The molecule has 0 aromatic carbocycles. The molecule has 1 atom stereocenters. The molecule has 0 aliphatic heterocycles. The first-order valence-electron chi connectivity index (χ1n) is 8.15. The molecule has 3 heterocycles. The van der Waals surface area contributed by atoms with Gasteiger partial charge in [0.25, 0.3) is 0 Å². The van der Waals surface area contributed by atoms with Crippen LogP contribution in [0.3, 0.4) is 0 Å². The third-order valence-electron chi connectivity index (χ3n) is 4.43. The molecule has 1 aliphatic carbocycles. The zero-order valence-electron chi connectivity index (χ0n) is 14.1. The predicted octanol–water partition coefficient (Wildman–Crippen LogP) is 1.89. The number of nitrogens with two attached hydrogens (primary N) is 2. The number of nitrogen functional groups attached to an aromatic ring is 1. The zero-order chi connectivity index (χ0) is 18.3. The Morgan fingerprint density at radius 2 is 2.27 bits per heavy atom. The van der Waals surface area contributed by atoms with Gasteiger partial charge in [0.1, 0.15) is 29.5 Å². The lowest BCUT2D eigenvalue weighted by molar-refractivity contribution is 0.484. The second-order valence-corrected chi connectivity index (χ2v) is 7.20. The van der Waals surface area contributed by atoms with Gasteiger partial charge in [-0.25, -0.2) is 4.98 Å². The quantitative estimate of drug-likeness (QED) is 0.717. The molecule has 0 amide bonds. The molecule has 0 fully saturated rings. The minimum absolute atomic E-state index is 0.0423. The molecule has 0 saturated carbocycles. The van der Waals surface area contributed by atoms with Crippen molar-refractivity contribution in [2.45, 2.75) is 35.6 Å². The molecule has 0 radical (unpaired) electrons. The lowest BCUT2D eigenvalue weighted by Crippen LogP contribution is -2.29. The SMILES string of the molecule is Cn1cnnc1Sc1ccc(-c2c(C#N)c(N)nc3c2C[C@@H](N)CC3)o1. The molecular weight excluding hydrogens is 350 g/mol. The summed E-state index contributed by atoms with van der Waals surface area (Å²) < 4.78 is 7.81. The minimum atomic E-state index is 0.0423. The van der Waals surface area contributed by atoms with Gasteiger partial charge in [0, 0.05) is 24.3 Å². The zero-order valence-corrected chi connectivity index (χ0v) is 15.0. The third-order valence-corrected chi connectivity index (χ3v) is 5.40. The average Bonchev–Trinajstić information content (AvgIpc) is 3.24. The fraction of sp³-hybridized carbons (Fsp3) is 0.294. The summed E-state index contributed by atoms with van der Waals surface area (Å²) in [6.07, 6.45) is 3.89. The van der Waals surface area contributed by atoms with Crippen LogP contribution in [0.5, 0.6) is 0 Å². The van der Waals surface area contributed by atoms with E-state index in [1.54, 1.807) is 10.9 Å². The Balaban J connectivity index is 1.79. The minimum Gasteiger partial charge on any atom is -0.449 e. The number of fused-ring (bicyclic) bond motifs is 1. The first kappa shape index (κ1) is 16.6. The predicted molar refractivity (Wildman–Crippen MR) is 96.2 cm³/mol. The molecular formula is C17H17N7OS. The van der Waals surface area contributed by atoms with Crippen LogP contribution in [0.25, 0.3) is 11.3 Å². The molecule has 0 saturated heterocycles. The summed E-state index contributed by atoms with van der Waals surface area (Å²) in [5.74, 6) is 0.821. The van der Waals surface area contributed by atoms with Gasteiger partial charge < -0.3 is 20.5 Å². The van der Waals surface area contributed by atoms with Crippen LogP contribution >= 0.6 is 11.8 Å². The number of furan rings is 1. The molecule has 4 rings (SSSR count). The van der Waals surface area contributed by atoms with Crippen molar-refractivity contribution >= 4 is 17.6 Å². The van der Waals surface area contributed by atoms with Crippen LogP contribution in [-0.4, -0.2) is 25.8 Å². The van der Waals surface area contributed by atoms with E-state index in [1.165, 1.54) is 11.8 Å². The second-order valence-electron chi connectivity index (χ2n) is 6.23. The van der Waals surface area contributed by atoms with E-state index in [0.29, 0.717) is 33.6 Å². The van der Waals surface area contributed by atoms with Crippen LogP contribution in [0.2, 0.25) is 0 Å². The Kier molecular flexibility index (Phi) is 4.14. The van der Waals surface area contributed by atoms with Crippen molar-refractivity contribution in [1.29, 1.82) is 5.26 Å². The first-order chi connectivity index (χ1) is 12.6. The summed E-state index contributed by atoms with van der Waals surface area (Å²) in [5, 5.41) is 18.9. The second kappa shape index (κ2) is 6.48. The lowest BCUT2D eigenvalue weighted by Gasteiger charge is -2.24. The molecule has 1 aliphatic rings. The average molecular weight is 367 g/mol. The van der Waals surface area contributed by atoms with Crippen LogP contribution in [0.4, 0.5) is 5.82 Å². The van der Waals surface area contributed by atoms with Gasteiger partial charge in [-0.1, -0.05) is 0 Å². The maximum atomic E-state index is 9.61. The maximum Gasteiger partial charge on any atom is 0.198 e. The van der Waals surface area contributed by atoms with E-state index in [2.05, 4.69) is 21.3 Å². The summed E-state index contributed by atoms with van der Waals surface area (Å²) in [6, 6.07) is 5.90. The smallest absolute Gasteiger partial charge is 0.198 e. The van der Waals surface area contributed by atoms with Crippen molar-refractivity contribution in [3.8, 4) is 17.4 Å². The van der Waals surface area contributed by atoms with E-state index in [9.17, 15) is 5.26 Å². The molecule has 9 heteroatoms. The van der Waals surface area contributed by atoms with E-state index >= 15 is 0 Å². The van der Waals surface area contributed by atoms with Crippen molar-refractivity contribution in [2.75, 3.05) is 5.73 Å². The number of rotatable bonds is 3. The van der Waals surface area contributed by atoms with Crippen molar-refractivity contribution < 1.29 is 4.42 Å². The Morgan fingerprint density at radius 1 is 1.42 bits per heavy atom. The van der Waals surface area contributed by atoms with E-state index in [1.807, 2.05) is 19.2 Å². The highest BCUT2D eigenvalue weighted by Gasteiger charge is 2.26. The van der Waals surface area contributed by atoms with Gasteiger partial charge in [-0.15, -0.1) is 10.2 Å². The Hall–Kier alpha value is -2.83. The molecule has 4 N–H and O–H groups in total. The Morgan fingerprint density at radius 3 is 3.00 bits per heavy atom. The van der Waals surface area contributed by atoms with Gasteiger partial charge in [0.15, 0.2) is 10.2 Å². The highest BCUT2D eigenvalue weighted by Crippen LogP contribution is 2.38. The highest BCUT2D eigenvalue weighted by atomic mass is 32.2. The van der Waals surface area contributed by atoms with Crippen LogP contribution in [0.1, 0.15) is 23.2 Å².